The van der Waals surface area contributed by atoms with E-state index in [1.807, 2.05) is 6.08 Å². The number of carbonyl (C=O) groups excluding carboxylic acids is 1. The normalized spacial score (nSPS) is 8.10. The largest absolute Gasteiger partial charge is 0.233 e. The zero-order chi connectivity index (χ0) is 7.98. The Kier molecular flexibility index (Phi) is 4.26. The molecule has 0 bridgehead atoms. The van der Waals surface area contributed by atoms with Crippen LogP contribution in [0.25, 0.3) is 0 Å². The first-order valence-electron chi connectivity index (χ1n) is 3.23. The van der Waals surface area contributed by atoms with E-state index in [1.54, 1.807) is 12.9 Å². The third-order valence-electron chi connectivity index (χ3n) is 1.33. The van der Waals surface area contributed by atoms with Crippen molar-refractivity contribution >= 4 is 5.94 Å². The summed E-state index contributed by atoms with van der Waals surface area (Å²) in [5.74, 6) is 1.81. The lowest BCUT2D eigenvalue weighted by Crippen LogP contribution is -1.83. The summed E-state index contributed by atoms with van der Waals surface area (Å²) in [5.41, 5.74) is 1.47. The molecule has 0 rings (SSSR count). The lowest BCUT2D eigenvalue weighted by Gasteiger charge is -1.97. The standard InChI is InChI=1S/C9H12O/c1-4-5-6-8(2)9(3)7-10/h4H,1-2,5-6H2,3H3. The molecule has 0 saturated carbocycles. The molecule has 0 atom stereocenters. The molecule has 1 nitrogen and oxygen atoms in total. The Morgan fingerprint density at radius 2 is 2.30 bits per heavy atom. The Hall–Kier alpha value is -1.07. The number of hydrogen-bond donors (Lipinski definition) is 0. The SMILES string of the molecule is C=CCCC(=C)C(C)=C=O. The first-order valence-corrected chi connectivity index (χ1v) is 3.23. The van der Waals surface area contributed by atoms with E-state index in [-0.39, 0.29) is 0 Å². The van der Waals surface area contributed by atoms with Crippen LogP contribution >= 0.6 is 0 Å². The molecule has 0 aromatic carbocycles. The second-order valence-corrected chi connectivity index (χ2v) is 2.16. The van der Waals surface area contributed by atoms with Gasteiger partial charge in [0.1, 0.15) is 5.94 Å². The predicted molar refractivity (Wildman–Crippen MR) is 43.5 cm³/mol. The van der Waals surface area contributed by atoms with Gasteiger partial charge in [-0.3, -0.25) is 0 Å². The highest BCUT2D eigenvalue weighted by Gasteiger charge is 1.94. The fourth-order valence-corrected chi connectivity index (χ4v) is 0.536. The minimum Gasteiger partial charge on any atom is -0.233 e. The molecule has 0 aromatic heterocycles. The summed E-state index contributed by atoms with van der Waals surface area (Å²) in [6.45, 7) is 9.01. The Bertz CT molecular complexity index is 183. The van der Waals surface area contributed by atoms with E-state index in [9.17, 15) is 4.79 Å². The molecule has 0 spiro atoms. The van der Waals surface area contributed by atoms with Gasteiger partial charge in [0.05, 0.1) is 0 Å². The van der Waals surface area contributed by atoms with Crippen molar-refractivity contribution in [3.05, 3.63) is 30.4 Å². The van der Waals surface area contributed by atoms with Crippen LogP contribution in [0.1, 0.15) is 19.8 Å². The Morgan fingerprint density at radius 3 is 2.70 bits per heavy atom. The highest BCUT2D eigenvalue weighted by atomic mass is 16.1. The summed E-state index contributed by atoms with van der Waals surface area (Å²) >= 11 is 0. The van der Waals surface area contributed by atoms with Crippen LogP contribution in [0.5, 0.6) is 0 Å². The minimum atomic E-state index is 0.613. The monoisotopic (exact) mass is 136 g/mol. The van der Waals surface area contributed by atoms with Gasteiger partial charge in [-0.05, 0) is 25.3 Å². The van der Waals surface area contributed by atoms with Crippen LogP contribution in [0.4, 0.5) is 0 Å². The molecule has 0 saturated heterocycles. The van der Waals surface area contributed by atoms with E-state index < -0.39 is 0 Å². The van der Waals surface area contributed by atoms with E-state index in [1.165, 1.54) is 0 Å². The second kappa shape index (κ2) is 4.78. The van der Waals surface area contributed by atoms with Crippen LogP contribution in [-0.2, 0) is 4.79 Å². The van der Waals surface area contributed by atoms with Crippen LogP contribution in [-0.4, -0.2) is 5.94 Å². The van der Waals surface area contributed by atoms with Crippen molar-refractivity contribution in [1.29, 1.82) is 0 Å². The lowest BCUT2D eigenvalue weighted by atomic mass is 10.1. The summed E-state index contributed by atoms with van der Waals surface area (Å²) in [4.78, 5) is 10.1. The molecule has 0 amide bonds. The summed E-state index contributed by atoms with van der Waals surface area (Å²) in [7, 11) is 0. The molecule has 0 N–H and O–H groups in total. The fraction of sp³-hybridized carbons (Fsp3) is 0.333. The Labute approximate surface area is 61.8 Å². The highest BCUT2D eigenvalue weighted by molar-refractivity contribution is 5.58. The smallest absolute Gasteiger partial charge is 0.127 e. The number of rotatable bonds is 4. The molecule has 0 aliphatic carbocycles. The van der Waals surface area contributed by atoms with Gasteiger partial charge in [-0.2, -0.15) is 0 Å². The molecule has 0 radical (unpaired) electrons. The zero-order valence-electron chi connectivity index (χ0n) is 6.31. The average Bonchev–Trinajstić information content (AvgIpc) is 1.98. The van der Waals surface area contributed by atoms with Crippen LogP contribution in [0.15, 0.2) is 30.4 Å². The quantitative estimate of drug-likeness (QED) is 0.329. The molecule has 1 heteroatoms. The van der Waals surface area contributed by atoms with Crippen molar-refractivity contribution in [2.24, 2.45) is 0 Å². The average molecular weight is 136 g/mol. The molecule has 0 aliphatic rings. The lowest BCUT2D eigenvalue weighted by molar-refractivity contribution is 0.567. The van der Waals surface area contributed by atoms with Crippen molar-refractivity contribution in [2.75, 3.05) is 0 Å². The van der Waals surface area contributed by atoms with Crippen molar-refractivity contribution in [3.8, 4) is 0 Å². The first-order chi connectivity index (χ1) is 4.72. The number of allylic oxidation sites excluding steroid dienone is 3. The fourth-order valence-electron chi connectivity index (χ4n) is 0.536. The highest BCUT2D eigenvalue weighted by Crippen LogP contribution is 2.09. The molecule has 0 fully saturated rings. The van der Waals surface area contributed by atoms with Crippen LogP contribution in [0.2, 0.25) is 0 Å². The maximum absolute atomic E-state index is 10.1. The molecule has 10 heavy (non-hydrogen) atoms. The molecular weight excluding hydrogens is 124 g/mol. The third kappa shape index (κ3) is 3.06. The van der Waals surface area contributed by atoms with Crippen LogP contribution in [0.3, 0.4) is 0 Å². The molecular formula is C9H12O. The van der Waals surface area contributed by atoms with Crippen molar-refractivity contribution in [2.45, 2.75) is 19.8 Å². The van der Waals surface area contributed by atoms with E-state index in [2.05, 4.69) is 13.2 Å². The summed E-state index contributed by atoms with van der Waals surface area (Å²) in [5, 5.41) is 0. The van der Waals surface area contributed by atoms with Gasteiger partial charge >= 0.3 is 0 Å². The topological polar surface area (TPSA) is 17.1 Å². The molecule has 0 aromatic rings. The van der Waals surface area contributed by atoms with Gasteiger partial charge < -0.3 is 0 Å². The Balaban J connectivity index is 3.85. The zero-order valence-corrected chi connectivity index (χ0v) is 6.31. The van der Waals surface area contributed by atoms with Crippen LogP contribution < -0.4 is 0 Å². The molecule has 54 valence electrons. The van der Waals surface area contributed by atoms with Gasteiger partial charge in [-0.1, -0.05) is 12.7 Å². The van der Waals surface area contributed by atoms with Gasteiger partial charge in [-0.25, -0.2) is 4.79 Å². The van der Waals surface area contributed by atoms with E-state index in [4.69, 9.17) is 0 Å². The molecule has 0 unspecified atom stereocenters. The van der Waals surface area contributed by atoms with Crippen LogP contribution in [0, 0.1) is 0 Å². The molecule has 0 heterocycles. The van der Waals surface area contributed by atoms with E-state index in [0.717, 1.165) is 18.4 Å². The Morgan fingerprint density at radius 1 is 1.70 bits per heavy atom. The maximum Gasteiger partial charge on any atom is 0.127 e. The van der Waals surface area contributed by atoms with Gasteiger partial charge in [-0.15, -0.1) is 6.58 Å². The van der Waals surface area contributed by atoms with E-state index in [0.29, 0.717) is 5.57 Å². The van der Waals surface area contributed by atoms with E-state index >= 15 is 0 Å². The minimum absolute atomic E-state index is 0.613. The van der Waals surface area contributed by atoms with Gasteiger partial charge in [0.15, 0.2) is 0 Å². The maximum atomic E-state index is 10.1. The first kappa shape index (κ1) is 8.93. The van der Waals surface area contributed by atoms with Crippen molar-refractivity contribution in [1.82, 2.24) is 0 Å². The number of hydrogen-bond acceptors (Lipinski definition) is 1. The third-order valence-corrected chi connectivity index (χ3v) is 1.33. The van der Waals surface area contributed by atoms with Gasteiger partial charge in [0.2, 0.25) is 0 Å². The summed E-state index contributed by atoms with van der Waals surface area (Å²) in [6, 6.07) is 0. The second-order valence-electron chi connectivity index (χ2n) is 2.16. The predicted octanol–water partition coefficient (Wildman–Crippen LogP) is 2.29. The van der Waals surface area contributed by atoms with Crippen molar-refractivity contribution in [3.63, 3.8) is 0 Å². The van der Waals surface area contributed by atoms with Gasteiger partial charge in [0.25, 0.3) is 0 Å². The summed E-state index contributed by atoms with van der Waals surface area (Å²) < 4.78 is 0. The van der Waals surface area contributed by atoms with Crippen molar-refractivity contribution < 1.29 is 4.79 Å². The molecule has 0 aliphatic heterocycles. The van der Waals surface area contributed by atoms with Gasteiger partial charge in [0, 0.05) is 5.57 Å². The summed E-state index contributed by atoms with van der Waals surface area (Å²) in [6.07, 6.45) is 3.49.